The molecule has 1 aromatic heterocycles. The number of ether oxygens (including phenoxy) is 2. The Bertz CT molecular complexity index is 675. The fourth-order valence-electron chi connectivity index (χ4n) is 2.24. The number of nitrogens with zero attached hydrogens (tertiary/aromatic N) is 2. The maximum Gasteiger partial charge on any atom is 0.213 e. The average Bonchev–Trinajstić information content (AvgIpc) is 2.69. The third kappa shape index (κ3) is 8.47. The van der Waals surface area contributed by atoms with Crippen LogP contribution in [0, 0.1) is 0 Å². The zero-order valence-electron chi connectivity index (χ0n) is 16.2. The second-order valence-electron chi connectivity index (χ2n) is 5.75. The molecule has 0 bridgehead atoms. The van der Waals surface area contributed by atoms with E-state index in [9.17, 15) is 0 Å². The first-order valence-corrected chi connectivity index (χ1v) is 8.98. The first kappa shape index (κ1) is 23.0. The number of rotatable bonds is 9. The number of pyridine rings is 1. The van der Waals surface area contributed by atoms with E-state index in [4.69, 9.17) is 9.47 Å². The maximum absolute atomic E-state index is 5.50. The van der Waals surface area contributed by atoms with Gasteiger partial charge in [0.1, 0.15) is 5.75 Å². The number of aliphatic imine (C=N–C) groups is 1. The molecule has 0 unspecified atom stereocenters. The van der Waals surface area contributed by atoms with Crippen LogP contribution in [-0.4, -0.2) is 31.2 Å². The number of halogens is 1. The Kier molecular flexibility index (Phi) is 11.2. The summed E-state index contributed by atoms with van der Waals surface area (Å²) in [5.74, 6) is 2.28. The molecule has 0 saturated carbocycles. The van der Waals surface area contributed by atoms with Gasteiger partial charge in [-0.1, -0.05) is 25.1 Å². The lowest BCUT2D eigenvalue weighted by Crippen LogP contribution is -2.36. The zero-order valence-corrected chi connectivity index (χ0v) is 18.5. The molecule has 2 N–H and O–H groups in total. The number of benzene rings is 1. The van der Waals surface area contributed by atoms with Crippen molar-refractivity contribution in [1.82, 2.24) is 15.6 Å². The van der Waals surface area contributed by atoms with Crippen molar-refractivity contribution in [2.45, 2.75) is 33.4 Å². The fraction of sp³-hybridized carbons (Fsp3) is 0.400. The Morgan fingerprint density at radius 1 is 1.04 bits per heavy atom. The van der Waals surface area contributed by atoms with Crippen molar-refractivity contribution >= 4 is 29.9 Å². The highest BCUT2D eigenvalue weighted by Crippen LogP contribution is 2.11. The molecule has 0 fully saturated rings. The molecule has 1 heterocycles. The SMILES string of the molecule is CCCOc1ccc(CN=C(NCC)NCc2ccc(OC)cc2)cn1.I. The molecule has 148 valence electrons. The summed E-state index contributed by atoms with van der Waals surface area (Å²) in [5.41, 5.74) is 2.20. The number of hydrogen-bond acceptors (Lipinski definition) is 4. The minimum absolute atomic E-state index is 0. The van der Waals surface area contributed by atoms with E-state index in [0.29, 0.717) is 25.6 Å². The Labute approximate surface area is 178 Å². The minimum atomic E-state index is 0. The van der Waals surface area contributed by atoms with Gasteiger partial charge in [-0.2, -0.15) is 0 Å². The zero-order chi connectivity index (χ0) is 18.6. The van der Waals surface area contributed by atoms with Crippen molar-refractivity contribution in [2.24, 2.45) is 4.99 Å². The Morgan fingerprint density at radius 3 is 2.37 bits per heavy atom. The number of aromatic nitrogens is 1. The molecule has 0 aliphatic rings. The molecule has 0 aliphatic heterocycles. The number of hydrogen-bond donors (Lipinski definition) is 2. The third-order valence-corrected chi connectivity index (χ3v) is 3.63. The van der Waals surface area contributed by atoms with Crippen molar-refractivity contribution in [2.75, 3.05) is 20.3 Å². The molecule has 6 nitrogen and oxygen atoms in total. The first-order valence-electron chi connectivity index (χ1n) is 8.98. The normalized spacial score (nSPS) is 10.7. The van der Waals surface area contributed by atoms with Crippen LogP contribution in [0.25, 0.3) is 0 Å². The molecular formula is C20H29IN4O2. The topological polar surface area (TPSA) is 67.8 Å². The van der Waals surface area contributed by atoms with Gasteiger partial charge in [0.2, 0.25) is 5.88 Å². The molecule has 0 aliphatic carbocycles. The molecule has 0 radical (unpaired) electrons. The van der Waals surface area contributed by atoms with Crippen LogP contribution in [0.1, 0.15) is 31.4 Å². The van der Waals surface area contributed by atoms with Gasteiger partial charge in [0.15, 0.2) is 5.96 Å². The summed E-state index contributed by atoms with van der Waals surface area (Å²) < 4.78 is 10.7. The van der Waals surface area contributed by atoms with E-state index in [0.717, 1.165) is 35.8 Å². The van der Waals surface area contributed by atoms with E-state index in [1.54, 1.807) is 7.11 Å². The Morgan fingerprint density at radius 2 is 1.78 bits per heavy atom. The smallest absolute Gasteiger partial charge is 0.213 e. The van der Waals surface area contributed by atoms with Gasteiger partial charge in [0, 0.05) is 25.4 Å². The molecule has 7 heteroatoms. The van der Waals surface area contributed by atoms with Crippen LogP contribution in [-0.2, 0) is 13.1 Å². The predicted molar refractivity (Wildman–Crippen MR) is 120 cm³/mol. The summed E-state index contributed by atoms with van der Waals surface area (Å²) in [6.07, 6.45) is 2.78. The summed E-state index contributed by atoms with van der Waals surface area (Å²) in [6, 6.07) is 11.9. The van der Waals surface area contributed by atoms with Gasteiger partial charge in [-0.05, 0) is 36.6 Å². The van der Waals surface area contributed by atoms with Crippen molar-refractivity contribution in [3.8, 4) is 11.6 Å². The summed E-state index contributed by atoms with van der Waals surface area (Å²) >= 11 is 0. The van der Waals surface area contributed by atoms with Gasteiger partial charge in [0.05, 0.1) is 20.3 Å². The van der Waals surface area contributed by atoms with E-state index in [1.807, 2.05) is 49.5 Å². The number of nitrogens with one attached hydrogen (secondary N) is 2. The Balaban J connectivity index is 0.00000364. The van der Waals surface area contributed by atoms with Gasteiger partial charge in [-0.15, -0.1) is 24.0 Å². The highest BCUT2D eigenvalue weighted by molar-refractivity contribution is 14.0. The van der Waals surface area contributed by atoms with Crippen LogP contribution in [0.5, 0.6) is 11.6 Å². The van der Waals surface area contributed by atoms with Crippen molar-refractivity contribution in [1.29, 1.82) is 0 Å². The van der Waals surface area contributed by atoms with Gasteiger partial charge < -0.3 is 20.1 Å². The number of methoxy groups -OCH3 is 1. The van der Waals surface area contributed by atoms with Crippen molar-refractivity contribution in [3.63, 3.8) is 0 Å². The lowest BCUT2D eigenvalue weighted by molar-refractivity contribution is 0.305. The van der Waals surface area contributed by atoms with Gasteiger partial charge >= 0.3 is 0 Å². The number of guanidine groups is 1. The average molecular weight is 484 g/mol. The third-order valence-electron chi connectivity index (χ3n) is 3.63. The molecule has 27 heavy (non-hydrogen) atoms. The lowest BCUT2D eigenvalue weighted by atomic mass is 10.2. The van der Waals surface area contributed by atoms with Gasteiger partial charge in [-0.3, -0.25) is 0 Å². The van der Waals surface area contributed by atoms with Crippen LogP contribution in [0.3, 0.4) is 0 Å². The predicted octanol–water partition coefficient (Wildman–Crippen LogP) is 3.75. The van der Waals surface area contributed by atoms with Crippen molar-refractivity contribution in [3.05, 3.63) is 53.7 Å². The van der Waals surface area contributed by atoms with E-state index < -0.39 is 0 Å². The Hall–Kier alpha value is -2.03. The second kappa shape index (κ2) is 13.2. The second-order valence-corrected chi connectivity index (χ2v) is 5.75. The monoisotopic (exact) mass is 484 g/mol. The van der Waals surface area contributed by atoms with E-state index in [1.165, 1.54) is 0 Å². The molecule has 0 saturated heterocycles. The van der Waals surface area contributed by atoms with Crippen molar-refractivity contribution < 1.29 is 9.47 Å². The molecule has 0 amide bonds. The maximum atomic E-state index is 5.50. The molecule has 0 atom stereocenters. The highest BCUT2D eigenvalue weighted by atomic mass is 127. The largest absolute Gasteiger partial charge is 0.497 e. The fourth-order valence-corrected chi connectivity index (χ4v) is 2.24. The molecule has 2 aromatic rings. The summed E-state index contributed by atoms with van der Waals surface area (Å²) in [6.45, 7) is 6.86. The quantitative estimate of drug-likeness (QED) is 0.323. The molecule has 0 spiro atoms. The highest BCUT2D eigenvalue weighted by Gasteiger charge is 2.01. The van der Waals surface area contributed by atoms with E-state index in [2.05, 4.69) is 27.5 Å². The lowest BCUT2D eigenvalue weighted by Gasteiger charge is -2.12. The van der Waals surface area contributed by atoms with Crippen LogP contribution < -0.4 is 20.1 Å². The van der Waals surface area contributed by atoms with Crippen LogP contribution >= 0.6 is 24.0 Å². The summed E-state index contributed by atoms with van der Waals surface area (Å²) in [7, 11) is 1.67. The standard InChI is InChI=1S/C20H28N4O2.HI/c1-4-12-26-19-11-8-17(14-22-19)15-24-20(21-5-2)23-13-16-6-9-18(25-3)10-7-16;/h6-11,14H,4-5,12-13,15H2,1-3H3,(H2,21,23,24);1H. The first-order chi connectivity index (χ1) is 12.7. The summed E-state index contributed by atoms with van der Waals surface area (Å²) in [4.78, 5) is 8.92. The van der Waals surface area contributed by atoms with Gasteiger partial charge in [0.25, 0.3) is 0 Å². The van der Waals surface area contributed by atoms with Crippen LogP contribution in [0.2, 0.25) is 0 Å². The van der Waals surface area contributed by atoms with E-state index in [-0.39, 0.29) is 24.0 Å². The minimum Gasteiger partial charge on any atom is -0.497 e. The molecule has 1 aromatic carbocycles. The molecule has 2 rings (SSSR count). The van der Waals surface area contributed by atoms with Gasteiger partial charge in [-0.25, -0.2) is 9.98 Å². The summed E-state index contributed by atoms with van der Waals surface area (Å²) in [5, 5.41) is 6.59. The van der Waals surface area contributed by atoms with Crippen LogP contribution in [0.15, 0.2) is 47.6 Å². The molecular weight excluding hydrogens is 455 g/mol. The van der Waals surface area contributed by atoms with E-state index >= 15 is 0 Å². The van der Waals surface area contributed by atoms with Crippen LogP contribution in [0.4, 0.5) is 0 Å².